The molecule has 1 atom stereocenters. The Morgan fingerprint density at radius 2 is 2.54 bits per heavy atom. The quantitative estimate of drug-likeness (QED) is 0.480. The molecule has 0 aromatic carbocycles. The van der Waals surface area contributed by atoms with Crippen LogP contribution in [0.2, 0.25) is 0 Å². The maximum absolute atomic E-state index is 10.5. The van der Waals surface area contributed by atoms with E-state index in [-0.39, 0.29) is 18.0 Å². The van der Waals surface area contributed by atoms with Gasteiger partial charge >= 0.3 is 5.69 Å². The van der Waals surface area contributed by atoms with Gasteiger partial charge in [-0.3, -0.25) is 14.8 Å². The molecule has 7 nitrogen and oxygen atoms in total. The van der Waals surface area contributed by atoms with Crippen molar-refractivity contribution in [1.29, 1.82) is 0 Å². The van der Waals surface area contributed by atoms with Gasteiger partial charge in [-0.15, -0.1) is 0 Å². The van der Waals surface area contributed by atoms with E-state index in [9.17, 15) is 10.1 Å². The van der Waals surface area contributed by atoms with Crippen LogP contribution >= 0.6 is 0 Å². The first-order chi connectivity index (χ1) is 6.07. The van der Waals surface area contributed by atoms with Gasteiger partial charge in [0.25, 0.3) is 0 Å². The fourth-order valence-electron chi connectivity index (χ4n) is 1.09. The standard InChI is InChI=1S/C6H10N4O3/c1-9-6(4(7)3-11)5(2-8-9)10(12)13/h2,4,11H,3,7H2,1H3. The van der Waals surface area contributed by atoms with Crippen molar-refractivity contribution in [3.8, 4) is 0 Å². The van der Waals surface area contributed by atoms with Crippen LogP contribution in [-0.4, -0.2) is 26.4 Å². The summed E-state index contributed by atoms with van der Waals surface area (Å²) in [7, 11) is 1.54. The average Bonchev–Trinajstić information content (AvgIpc) is 2.46. The van der Waals surface area contributed by atoms with E-state index < -0.39 is 11.0 Å². The summed E-state index contributed by atoms with van der Waals surface area (Å²) in [5.41, 5.74) is 5.53. The summed E-state index contributed by atoms with van der Waals surface area (Å²) in [5.74, 6) is 0. The van der Waals surface area contributed by atoms with Gasteiger partial charge in [-0.05, 0) is 0 Å². The summed E-state index contributed by atoms with van der Waals surface area (Å²) in [4.78, 5) is 9.90. The number of aliphatic hydroxyl groups excluding tert-OH is 1. The zero-order valence-electron chi connectivity index (χ0n) is 7.04. The van der Waals surface area contributed by atoms with E-state index in [0.717, 1.165) is 6.20 Å². The number of nitrogens with two attached hydrogens (primary N) is 1. The molecule has 1 heterocycles. The molecular weight excluding hydrogens is 176 g/mol. The third-order valence-electron chi connectivity index (χ3n) is 1.71. The Balaban J connectivity index is 3.15. The molecule has 72 valence electrons. The van der Waals surface area contributed by atoms with Crippen LogP contribution in [0.4, 0.5) is 5.69 Å². The van der Waals surface area contributed by atoms with Crippen molar-refractivity contribution in [1.82, 2.24) is 9.78 Å². The van der Waals surface area contributed by atoms with Crippen LogP contribution in [-0.2, 0) is 7.05 Å². The summed E-state index contributed by atoms with van der Waals surface area (Å²) in [6.45, 7) is -0.347. The van der Waals surface area contributed by atoms with E-state index >= 15 is 0 Å². The minimum atomic E-state index is -0.770. The second-order valence-corrected chi connectivity index (χ2v) is 2.58. The predicted molar refractivity (Wildman–Crippen MR) is 43.9 cm³/mol. The number of aromatic nitrogens is 2. The first-order valence-corrected chi connectivity index (χ1v) is 3.60. The van der Waals surface area contributed by atoms with Crippen LogP contribution in [0.15, 0.2) is 6.20 Å². The normalized spacial score (nSPS) is 12.8. The van der Waals surface area contributed by atoms with Crippen LogP contribution in [0.3, 0.4) is 0 Å². The van der Waals surface area contributed by atoms with E-state index in [1.165, 1.54) is 11.7 Å². The van der Waals surface area contributed by atoms with Gasteiger partial charge < -0.3 is 10.8 Å². The summed E-state index contributed by atoms with van der Waals surface area (Å²) < 4.78 is 1.29. The molecule has 0 saturated carbocycles. The summed E-state index contributed by atoms with van der Waals surface area (Å²) in [6, 6.07) is -0.770. The second-order valence-electron chi connectivity index (χ2n) is 2.58. The van der Waals surface area contributed by atoms with Crippen molar-refractivity contribution in [2.45, 2.75) is 6.04 Å². The Kier molecular flexibility index (Phi) is 2.59. The minimum Gasteiger partial charge on any atom is -0.394 e. The third kappa shape index (κ3) is 1.65. The smallest absolute Gasteiger partial charge is 0.311 e. The van der Waals surface area contributed by atoms with Crippen molar-refractivity contribution in [2.75, 3.05) is 6.61 Å². The van der Waals surface area contributed by atoms with Crippen molar-refractivity contribution in [3.05, 3.63) is 22.0 Å². The molecule has 0 aliphatic heterocycles. The van der Waals surface area contributed by atoms with Crippen molar-refractivity contribution in [3.63, 3.8) is 0 Å². The monoisotopic (exact) mass is 186 g/mol. The van der Waals surface area contributed by atoms with Crippen LogP contribution in [0.25, 0.3) is 0 Å². The van der Waals surface area contributed by atoms with Crippen LogP contribution in [0, 0.1) is 10.1 Å². The summed E-state index contributed by atoms with van der Waals surface area (Å²) in [5, 5.41) is 22.9. The fraction of sp³-hybridized carbons (Fsp3) is 0.500. The van der Waals surface area contributed by atoms with Gasteiger partial charge in [0.2, 0.25) is 0 Å². The Morgan fingerprint density at radius 1 is 1.92 bits per heavy atom. The lowest BCUT2D eigenvalue weighted by atomic mass is 10.2. The lowest BCUT2D eigenvalue weighted by Gasteiger charge is -2.06. The topological polar surface area (TPSA) is 107 Å². The molecule has 0 amide bonds. The third-order valence-corrected chi connectivity index (χ3v) is 1.71. The molecule has 0 aliphatic rings. The van der Waals surface area contributed by atoms with E-state index in [1.54, 1.807) is 0 Å². The van der Waals surface area contributed by atoms with Gasteiger partial charge in [0.15, 0.2) is 0 Å². The highest BCUT2D eigenvalue weighted by molar-refractivity contribution is 5.35. The lowest BCUT2D eigenvalue weighted by molar-refractivity contribution is -0.385. The number of nitro groups is 1. The molecule has 0 spiro atoms. The Morgan fingerprint density at radius 3 is 3.00 bits per heavy atom. The van der Waals surface area contributed by atoms with Crippen molar-refractivity contribution >= 4 is 5.69 Å². The number of hydrogen-bond acceptors (Lipinski definition) is 5. The molecule has 1 rings (SSSR count). The van der Waals surface area contributed by atoms with Crippen LogP contribution in [0.5, 0.6) is 0 Å². The predicted octanol–water partition coefficient (Wildman–Crippen LogP) is -0.680. The lowest BCUT2D eigenvalue weighted by Crippen LogP contribution is -2.19. The zero-order chi connectivity index (χ0) is 10.0. The minimum absolute atomic E-state index is 0.163. The first kappa shape index (κ1) is 9.62. The molecule has 0 radical (unpaired) electrons. The van der Waals surface area contributed by atoms with Crippen LogP contribution in [0.1, 0.15) is 11.7 Å². The van der Waals surface area contributed by atoms with E-state index in [1.807, 2.05) is 0 Å². The van der Waals surface area contributed by atoms with Crippen molar-refractivity contribution < 1.29 is 10.0 Å². The number of aliphatic hydroxyl groups is 1. The molecule has 1 aromatic rings. The van der Waals surface area contributed by atoms with E-state index in [0.29, 0.717) is 0 Å². The van der Waals surface area contributed by atoms with E-state index in [4.69, 9.17) is 10.8 Å². The van der Waals surface area contributed by atoms with Gasteiger partial charge in [0.05, 0.1) is 17.6 Å². The average molecular weight is 186 g/mol. The molecule has 0 bridgehead atoms. The van der Waals surface area contributed by atoms with Gasteiger partial charge in [-0.25, -0.2) is 0 Å². The van der Waals surface area contributed by atoms with Gasteiger partial charge in [-0.2, -0.15) is 5.10 Å². The highest BCUT2D eigenvalue weighted by Gasteiger charge is 2.23. The zero-order valence-corrected chi connectivity index (χ0v) is 7.04. The Hall–Kier alpha value is -1.47. The summed E-state index contributed by atoms with van der Waals surface area (Å²) >= 11 is 0. The van der Waals surface area contributed by atoms with Crippen molar-refractivity contribution in [2.24, 2.45) is 12.8 Å². The maximum Gasteiger partial charge on any atom is 0.311 e. The molecule has 1 unspecified atom stereocenters. The first-order valence-electron chi connectivity index (χ1n) is 3.60. The SMILES string of the molecule is Cn1ncc([N+](=O)[O-])c1C(N)CO. The van der Waals surface area contributed by atoms with Gasteiger partial charge in [-0.1, -0.05) is 0 Å². The molecular formula is C6H10N4O3. The molecule has 7 heteroatoms. The number of nitrogens with zero attached hydrogens (tertiary/aromatic N) is 3. The summed E-state index contributed by atoms with van der Waals surface area (Å²) in [6.07, 6.45) is 1.12. The second kappa shape index (κ2) is 3.50. The Labute approximate surface area is 73.9 Å². The molecule has 0 aliphatic carbocycles. The molecule has 0 fully saturated rings. The number of hydrogen-bond donors (Lipinski definition) is 2. The number of aryl methyl sites for hydroxylation is 1. The Bertz CT molecular complexity index is 322. The molecule has 0 saturated heterocycles. The highest BCUT2D eigenvalue weighted by atomic mass is 16.6. The fourth-order valence-corrected chi connectivity index (χ4v) is 1.09. The molecule has 13 heavy (non-hydrogen) atoms. The van der Waals surface area contributed by atoms with Gasteiger partial charge in [0, 0.05) is 7.05 Å². The molecule has 1 aromatic heterocycles. The largest absolute Gasteiger partial charge is 0.394 e. The number of rotatable bonds is 3. The molecule has 3 N–H and O–H groups in total. The van der Waals surface area contributed by atoms with E-state index in [2.05, 4.69) is 5.10 Å². The van der Waals surface area contributed by atoms with Gasteiger partial charge in [0.1, 0.15) is 11.9 Å². The van der Waals surface area contributed by atoms with Crippen LogP contribution < -0.4 is 5.73 Å². The maximum atomic E-state index is 10.5. The highest BCUT2D eigenvalue weighted by Crippen LogP contribution is 2.21.